The van der Waals surface area contributed by atoms with E-state index in [0.29, 0.717) is 13.0 Å². The van der Waals surface area contributed by atoms with Crippen LogP contribution in [0.1, 0.15) is 194 Å². The lowest BCUT2D eigenvalue weighted by molar-refractivity contribution is -0.154. The first kappa shape index (κ1) is 61.2. The number of esters is 1. The first-order valence-corrected chi connectivity index (χ1v) is 26.9. The Morgan fingerprint density at radius 3 is 1.31 bits per heavy atom. The Morgan fingerprint density at radius 2 is 0.875 bits per heavy atom. The first-order chi connectivity index (χ1) is 31.4. The van der Waals surface area contributed by atoms with Crippen molar-refractivity contribution in [2.45, 2.75) is 200 Å². The van der Waals surface area contributed by atoms with E-state index in [-0.39, 0.29) is 32.3 Å². The summed E-state index contributed by atoms with van der Waals surface area (Å²) in [7, 11) is -4.30. The van der Waals surface area contributed by atoms with Crippen molar-refractivity contribution in [3.05, 3.63) is 109 Å². The molecule has 0 heterocycles. The number of phosphoric ester groups is 1. The molecule has 366 valence electrons. The van der Waals surface area contributed by atoms with Crippen LogP contribution in [0.3, 0.4) is 0 Å². The Hall–Kier alpha value is -2.84. The van der Waals surface area contributed by atoms with Crippen molar-refractivity contribution in [3.63, 3.8) is 0 Å². The van der Waals surface area contributed by atoms with E-state index < -0.39 is 13.9 Å². The third-order valence-electron chi connectivity index (χ3n) is 10.2. The Morgan fingerprint density at radius 1 is 0.484 bits per heavy atom. The predicted octanol–water partition coefficient (Wildman–Crippen LogP) is 16.0. The van der Waals surface area contributed by atoms with Gasteiger partial charge in [0.05, 0.1) is 19.8 Å². The van der Waals surface area contributed by atoms with E-state index in [1.165, 1.54) is 70.6 Å². The highest BCUT2D eigenvalue weighted by Gasteiger charge is 2.25. The summed E-state index contributed by atoms with van der Waals surface area (Å²) in [5.41, 5.74) is 5.38. The quantitative estimate of drug-likeness (QED) is 0.0268. The van der Waals surface area contributed by atoms with Gasteiger partial charge in [-0.2, -0.15) is 0 Å². The molecular weight excluding hydrogens is 818 g/mol. The second kappa shape index (κ2) is 51.1. The van der Waals surface area contributed by atoms with Crippen molar-refractivity contribution in [1.29, 1.82) is 0 Å². The molecule has 0 aliphatic carbocycles. The Balaban J connectivity index is 4.08. The van der Waals surface area contributed by atoms with Gasteiger partial charge in [0.1, 0.15) is 6.10 Å². The molecule has 0 rings (SSSR count). The molecule has 3 N–H and O–H groups in total. The van der Waals surface area contributed by atoms with Crippen molar-refractivity contribution < 1.29 is 32.8 Å². The summed E-state index contributed by atoms with van der Waals surface area (Å²) in [4.78, 5) is 22.6. The van der Waals surface area contributed by atoms with Crippen LogP contribution >= 0.6 is 7.82 Å². The molecule has 0 amide bonds. The van der Waals surface area contributed by atoms with Gasteiger partial charge in [0.15, 0.2) is 0 Å². The SMILES string of the molecule is CC/C=C\C/C=C\C/C=C\C/C=C\C/C=C\C/C=C\CCCCCOCC(COP(=O)(O)OCCN)OC(=O)CCCCCCCCCC/C=C\C/C=C\C/C=C\CCCCCCC. The number of unbranched alkanes of at least 4 members (excludes halogenated alkanes) is 16. The number of phosphoric acid groups is 1. The zero-order valence-corrected chi connectivity index (χ0v) is 41.6. The van der Waals surface area contributed by atoms with Crippen molar-refractivity contribution >= 4 is 13.8 Å². The molecule has 0 aromatic carbocycles. The normalized spacial score (nSPS) is 14.2. The third-order valence-corrected chi connectivity index (χ3v) is 11.2. The van der Waals surface area contributed by atoms with E-state index in [1.807, 2.05) is 0 Å². The highest BCUT2D eigenvalue weighted by Crippen LogP contribution is 2.43. The number of allylic oxidation sites excluding steroid dienone is 18. The van der Waals surface area contributed by atoms with Crippen LogP contribution in [0.4, 0.5) is 0 Å². The predicted molar refractivity (Wildman–Crippen MR) is 274 cm³/mol. The van der Waals surface area contributed by atoms with Gasteiger partial charge in [0.2, 0.25) is 0 Å². The van der Waals surface area contributed by atoms with E-state index in [4.69, 9.17) is 24.3 Å². The summed E-state index contributed by atoms with van der Waals surface area (Å²) < 4.78 is 33.5. The number of rotatable bonds is 47. The first-order valence-electron chi connectivity index (χ1n) is 25.4. The van der Waals surface area contributed by atoms with Crippen molar-refractivity contribution in [2.75, 3.05) is 33.0 Å². The largest absolute Gasteiger partial charge is 0.472 e. The van der Waals surface area contributed by atoms with Gasteiger partial charge in [-0.25, -0.2) is 4.57 Å². The van der Waals surface area contributed by atoms with Crippen LogP contribution in [0, 0.1) is 0 Å². The average molecular weight is 912 g/mol. The lowest BCUT2D eigenvalue weighted by Crippen LogP contribution is -2.28. The molecule has 0 fully saturated rings. The standard InChI is InChI=1S/C55H94NO7P/c1-3-5-7-9-11-13-15-17-19-21-23-25-27-28-30-32-34-36-38-40-42-44-46-48-55(57)63-54(53-62-64(58,59)61-51-49-56)52-60-50-47-45-43-41-39-37-35-33-31-29-26-24-22-20-18-16-14-12-10-8-6-4-2/h6,8,12,14-15,17-18,20-21,23-24,26-28,31,33,37,39,54H,3-5,7,9-11,13,16,19,22,25,29-30,32,34-36,38,40-53,56H2,1-2H3,(H,58,59)/b8-6-,14-12-,17-15-,20-18-,23-21-,26-24-,28-27-,33-31-,39-37-. The summed E-state index contributed by atoms with van der Waals surface area (Å²) in [6.45, 7) is 4.68. The molecule has 2 unspecified atom stereocenters. The number of hydrogen-bond acceptors (Lipinski definition) is 7. The van der Waals surface area contributed by atoms with Crippen molar-refractivity contribution in [2.24, 2.45) is 5.73 Å². The van der Waals surface area contributed by atoms with E-state index in [0.717, 1.165) is 103 Å². The topological polar surface area (TPSA) is 117 Å². The minimum Gasteiger partial charge on any atom is -0.457 e. The number of ether oxygens (including phenoxy) is 2. The minimum absolute atomic E-state index is 0.0832. The Labute approximate surface area is 393 Å². The van der Waals surface area contributed by atoms with Gasteiger partial charge in [-0.15, -0.1) is 0 Å². The molecule has 0 aromatic heterocycles. The zero-order valence-electron chi connectivity index (χ0n) is 40.7. The zero-order chi connectivity index (χ0) is 46.5. The fraction of sp³-hybridized carbons (Fsp3) is 0.655. The monoisotopic (exact) mass is 912 g/mol. The molecule has 0 saturated carbocycles. The van der Waals surface area contributed by atoms with Gasteiger partial charge >= 0.3 is 13.8 Å². The van der Waals surface area contributed by atoms with Gasteiger partial charge in [-0.1, -0.05) is 194 Å². The molecule has 8 nitrogen and oxygen atoms in total. The average Bonchev–Trinajstić information content (AvgIpc) is 3.29. The summed E-state index contributed by atoms with van der Waals surface area (Å²) in [5, 5.41) is 0. The van der Waals surface area contributed by atoms with E-state index in [1.54, 1.807) is 0 Å². The lowest BCUT2D eigenvalue weighted by atomic mass is 10.1. The molecule has 2 atom stereocenters. The number of nitrogens with two attached hydrogens (primary N) is 1. The maximum Gasteiger partial charge on any atom is 0.472 e. The van der Waals surface area contributed by atoms with Gasteiger partial charge < -0.3 is 20.1 Å². The van der Waals surface area contributed by atoms with E-state index in [2.05, 4.69) is 123 Å². The summed E-state index contributed by atoms with van der Waals surface area (Å²) >= 11 is 0. The van der Waals surface area contributed by atoms with Crippen LogP contribution in [-0.4, -0.2) is 49.9 Å². The Kier molecular flexibility index (Phi) is 48.9. The minimum atomic E-state index is -4.30. The Bertz CT molecular complexity index is 1350. The maximum absolute atomic E-state index is 12.7. The van der Waals surface area contributed by atoms with Crippen molar-refractivity contribution in [1.82, 2.24) is 0 Å². The molecule has 0 radical (unpaired) electrons. The number of hydrogen-bond donors (Lipinski definition) is 2. The van der Waals surface area contributed by atoms with Crippen LogP contribution in [0.25, 0.3) is 0 Å². The molecule has 0 aromatic rings. The molecule has 0 aliphatic heterocycles. The summed E-state index contributed by atoms with van der Waals surface area (Å²) in [6.07, 6.45) is 69.8. The molecule has 0 aliphatic rings. The van der Waals surface area contributed by atoms with Gasteiger partial charge in [-0.3, -0.25) is 13.8 Å². The molecule has 0 spiro atoms. The summed E-state index contributed by atoms with van der Waals surface area (Å²) in [5.74, 6) is -0.354. The van der Waals surface area contributed by atoms with E-state index >= 15 is 0 Å². The van der Waals surface area contributed by atoms with E-state index in [9.17, 15) is 14.3 Å². The van der Waals surface area contributed by atoms with Gasteiger partial charge in [0.25, 0.3) is 0 Å². The molecular formula is C55H94NO7P. The number of carbonyl (C=O) groups excluding carboxylic acids is 1. The molecule has 0 saturated heterocycles. The van der Waals surface area contributed by atoms with Crippen LogP contribution < -0.4 is 5.73 Å². The number of carbonyl (C=O) groups is 1. The second-order valence-corrected chi connectivity index (χ2v) is 17.7. The molecule has 9 heteroatoms. The van der Waals surface area contributed by atoms with Crippen LogP contribution in [0.5, 0.6) is 0 Å². The van der Waals surface area contributed by atoms with Crippen LogP contribution in [0.2, 0.25) is 0 Å². The second-order valence-electron chi connectivity index (χ2n) is 16.3. The lowest BCUT2D eigenvalue weighted by Gasteiger charge is -2.20. The highest BCUT2D eigenvalue weighted by molar-refractivity contribution is 7.47. The smallest absolute Gasteiger partial charge is 0.457 e. The van der Waals surface area contributed by atoms with Gasteiger partial charge in [0, 0.05) is 19.6 Å². The fourth-order valence-corrected chi connectivity index (χ4v) is 7.24. The van der Waals surface area contributed by atoms with Crippen LogP contribution in [0.15, 0.2) is 109 Å². The van der Waals surface area contributed by atoms with Crippen LogP contribution in [-0.2, 0) is 27.9 Å². The maximum atomic E-state index is 12.7. The summed E-state index contributed by atoms with van der Waals surface area (Å²) in [6, 6.07) is 0. The fourth-order valence-electron chi connectivity index (χ4n) is 6.48. The van der Waals surface area contributed by atoms with Gasteiger partial charge in [-0.05, 0) is 103 Å². The van der Waals surface area contributed by atoms with Crippen molar-refractivity contribution in [3.8, 4) is 0 Å². The molecule has 64 heavy (non-hydrogen) atoms. The third kappa shape index (κ3) is 50.2. The highest BCUT2D eigenvalue weighted by atomic mass is 31.2. The molecule has 0 bridgehead atoms.